The molecule has 0 spiro atoms. The lowest BCUT2D eigenvalue weighted by molar-refractivity contribution is -0.122. The van der Waals surface area contributed by atoms with Gasteiger partial charge in [0.2, 0.25) is 5.91 Å². The number of primary amides is 1. The first-order valence-electron chi connectivity index (χ1n) is 5.80. The van der Waals surface area contributed by atoms with E-state index < -0.39 is 0 Å². The second-order valence-corrected chi connectivity index (χ2v) is 4.32. The number of carbonyl (C=O) groups is 2. The van der Waals surface area contributed by atoms with Crippen molar-refractivity contribution in [2.75, 3.05) is 13.1 Å². The van der Waals surface area contributed by atoms with E-state index in [1.54, 1.807) is 12.1 Å². The third-order valence-corrected chi connectivity index (χ3v) is 3.13. The average Bonchev–Trinajstić information content (AvgIpc) is 2.78. The van der Waals surface area contributed by atoms with Crippen LogP contribution in [0.1, 0.15) is 23.2 Å². The number of nitrogens with zero attached hydrogens (tertiary/aromatic N) is 1. The molecule has 1 aromatic carbocycles. The second kappa shape index (κ2) is 5.10. The summed E-state index contributed by atoms with van der Waals surface area (Å²) in [5.74, 6) is -0.290. The first kappa shape index (κ1) is 11.8. The van der Waals surface area contributed by atoms with Gasteiger partial charge in [0.05, 0.1) is 12.6 Å². The highest BCUT2D eigenvalue weighted by Gasteiger charge is 2.30. The van der Waals surface area contributed by atoms with Crippen molar-refractivity contribution in [1.29, 1.82) is 0 Å². The number of nitrogens with two attached hydrogens (primary N) is 1. The van der Waals surface area contributed by atoms with Crippen LogP contribution in [-0.4, -0.2) is 35.7 Å². The molecule has 1 unspecified atom stereocenters. The standard InChI is InChI=1S/C13H16N2O2/c14-13(17)11-7-4-8-15(11)9-12(16)10-5-2-1-3-6-10/h1-3,5-6,11H,4,7-9H2,(H2,14,17). The molecule has 1 fully saturated rings. The molecule has 2 N–H and O–H groups in total. The number of hydrogen-bond acceptors (Lipinski definition) is 3. The Hall–Kier alpha value is -1.68. The van der Waals surface area contributed by atoms with Crippen LogP contribution in [-0.2, 0) is 4.79 Å². The molecule has 4 heteroatoms. The highest BCUT2D eigenvalue weighted by Crippen LogP contribution is 2.17. The minimum Gasteiger partial charge on any atom is -0.368 e. The molecule has 17 heavy (non-hydrogen) atoms. The van der Waals surface area contributed by atoms with Crippen molar-refractivity contribution in [3.05, 3.63) is 35.9 Å². The Balaban J connectivity index is 2.02. The number of benzene rings is 1. The molecule has 1 heterocycles. The molecular weight excluding hydrogens is 216 g/mol. The van der Waals surface area contributed by atoms with Gasteiger partial charge in [-0.05, 0) is 19.4 Å². The molecule has 1 aliphatic heterocycles. The molecule has 90 valence electrons. The van der Waals surface area contributed by atoms with Crippen LogP contribution in [0.5, 0.6) is 0 Å². The Morgan fingerprint density at radius 3 is 2.65 bits per heavy atom. The summed E-state index contributed by atoms with van der Waals surface area (Å²) < 4.78 is 0. The fourth-order valence-corrected chi connectivity index (χ4v) is 2.24. The molecule has 0 aromatic heterocycles. The van der Waals surface area contributed by atoms with Gasteiger partial charge >= 0.3 is 0 Å². The Bertz CT molecular complexity index is 417. The van der Waals surface area contributed by atoms with Crippen LogP contribution in [0, 0.1) is 0 Å². The van der Waals surface area contributed by atoms with Gasteiger partial charge in [-0.25, -0.2) is 0 Å². The Morgan fingerprint density at radius 2 is 2.00 bits per heavy atom. The first-order valence-corrected chi connectivity index (χ1v) is 5.80. The molecule has 1 amide bonds. The number of ketones is 1. The summed E-state index contributed by atoms with van der Waals surface area (Å²) in [4.78, 5) is 25.0. The predicted molar refractivity (Wildman–Crippen MR) is 64.6 cm³/mol. The zero-order valence-electron chi connectivity index (χ0n) is 9.63. The maximum Gasteiger partial charge on any atom is 0.234 e. The lowest BCUT2D eigenvalue weighted by Crippen LogP contribution is -2.42. The Labute approximate surface area is 100 Å². The van der Waals surface area contributed by atoms with Crippen LogP contribution < -0.4 is 5.73 Å². The second-order valence-electron chi connectivity index (χ2n) is 4.32. The molecule has 1 aromatic rings. The third kappa shape index (κ3) is 2.71. The fraction of sp³-hybridized carbons (Fsp3) is 0.385. The molecular formula is C13H16N2O2. The summed E-state index contributed by atoms with van der Waals surface area (Å²) in [5.41, 5.74) is 5.99. The normalized spacial score (nSPS) is 20.4. The largest absolute Gasteiger partial charge is 0.368 e. The minimum atomic E-state index is -0.330. The highest BCUT2D eigenvalue weighted by molar-refractivity contribution is 5.98. The highest BCUT2D eigenvalue weighted by atomic mass is 16.1. The van der Waals surface area contributed by atoms with Crippen molar-refractivity contribution < 1.29 is 9.59 Å². The van der Waals surface area contributed by atoms with E-state index in [9.17, 15) is 9.59 Å². The molecule has 1 saturated heterocycles. The summed E-state index contributed by atoms with van der Waals surface area (Å²) in [7, 11) is 0. The molecule has 0 radical (unpaired) electrons. The van der Waals surface area contributed by atoms with Gasteiger partial charge in [-0.15, -0.1) is 0 Å². The molecule has 0 bridgehead atoms. The van der Waals surface area contributed by atoms with E-state index in [1.165, 1.54) is 0 Å². The van der Waals surface area contributed by atoms with E-state index in [-0.39, 0.29) is 24.3 Å². The predicted octanol–water partition coefficient (Wildman–Crippen LogP) is 0.819. The summed E-state index contributed by atoms with van der Waals surface area (Å²) in [6, 6.07) is 8.85. The van der Waals surface area contributed by atoms with E-state index >= 15 is 0 Å². The van der Waals surface area contributed by atoms with Crippen LogP contribution in [0.15, 0.2) is 30.3 Å². The summed E-state index contributed by atoms with van der Waals surface area (Å²) in [6.45, 7) is 1.05. The monoisotopic (exact) mass is 232 g/mol. The van der Waals surface area contributed by atoms with Gasteiger partial charge in [-0.3, -0.25) is 14.5 Å². The lowest BCUT2D eigenvalue weighted by Gasteiger charge is -2.20. The maximum atomic E-state index is 12.0. The smallest absolute Gasteiger partial charge is 0.234 e. The number of likely N-dealkylation sites (tertiary alicyclic amines) is 1. The fourth-order valence-electron chi connectivity index (χ4n) is 2.24. The van der Waals surface area contributed by atoms with Crippen molar-refractivity contribution >= 4 is 11.7 Å². The van der Waals surface area contributed by atoms with Crippen LogP contribution in [0.2, 0.25) is 0 Å². The Morgan fingerprint density at radius 1 is 1.29 bits per heavy atom. The molecule has 1 atom stereocenters. The molecule has 1 aliphatic rings. The topological polar surface area (TPSA) is 63.4 Å². The molecule has 0 aliphatic carbocycles. The summed E-state index contributed by atoms with van der Waals surface area (Å²) in [5, 5.41) is 0. The quantitative estimate of drug-likeness (QED) is 0.782. The van der Waals surface area contributed by atoms with Crippen molar-refractivity contribution in [1.82, 2.24) is 4.90 Å². The molecule has 0 saturated carbocycles. The van der Waals surface area contributed by atoms with Gasteiger partial charge in [0, 0.05) is 5.56 Å². The van der Waals surface area contributed by atoms with Crippen LogP contribution in [0.3, 0.4) is 0 Å². The van der Waals surface area contributed by atoms with Crippen molar-refractivity contribution in [3.8, 4) is 0 Å². The third-order valence-electron chi connectivity index (χ3n) is 3.13. The van der Waals surface area contributed by atoms with Crippen LogP contribution in [0.4, 0.5) is 0 Å². The average molecular weight is 232 g/mol. The number of hydrogen-bond donors (Lipinski definition) is 1. The number of carbonyl (C=O) groups excluding carboxylic acids is 2. The van der Waals surface area contributed by atoms with Gasteiger partial charge < -0.3 is 5.73 Å². The van der Waals surface area contributed by atoms with E-state index in [0.29, 0.717) is 5.56 Å². The van der Waals surface area contributed by atoms with E-state index in [4.69, 9.17) is 5.73 Å². The SMILES string of the molecule is NC(=O)C1CCCN1CC(=O)c1ccccc1. The van der Waals surface area contributed by atoms with Gasteiger partial charge in [-0.2, -0.15) is 0 Å². The Kier molecular flexibility index (Phi) is 3.54. The van der Waals surface area contributed by atoms with Crippen LogP contribution in [0.25, 0.3) is 0 Å². The van der Waals surface area contributed by atoms with Crippen molar-refractivity contribution in [2.45, 2.75) is 18.9 Å². The van der Waals surface area contributed by atoms with Gasteiger partial charge in [0.25, 0.3) is 0 Å². The first-order chi connectivity index (χ1) is 8.18. The van der Waals surface area contributed by atoms with Crippen molar-refractivity contribution in [2.24, 2.45) is 5.73 Å². The van der Waals surface area contributed by atoms with E-state index in [1.807, 2.05) is 23.1 Å². The van der Waals surface area contributed by atoms with Gasteiger partial charge in [-0.1, -0.05) is 30.3 Å². The molecule has 2 rings (SSSR count). The van der Waals surface area contributed by atoms with Crippen molar-refractivity contribution in [3.63, 3.8) is 0 Å². The zero-order chi connectivity index (χ0) is 12.3. The number of amides is 1. The molecule has 4 nitrogen and oxygen atoms in total. The van der Waals surface area contributed by atoms with E-state index in [0.717, 1.165) is 19.4 Å². The maximum absolute atomic E-state index is 12.0. The number of rotatable bonds is 4. The lowest BCUT2D eigenvalue weighted by atomic mass is 10.1. The number of Topliss-reactive ketones (excluding diaryl/α,β-unsaturated/α-hetero) is 1. The summed E-state index contributed by atoms with van der Waals surface area (Å²) >= 11 is 0. The van der Waals surface area contributed by atoms with E-state index in [2.05, 4.69) is 0 Å². The summed E-state index contributed by atoms with van der Waals surface area (Å²) in [6.07, 6.45) is 1.69. The minimum absolute atomic E-state index is 0.0405. The van der Waals surface area contributed by atoms with Crippen LogP contribution >= 0.6 is 0 Å². The zero-order valence-corrected chi connectivity index (χ0v) is 9.63. The van der Waals surface area contributed by atoms with Gasteiger partial charge in [0.1, 0.15) is 0 Å². The van der Waals surface area contributed by atoms with Gasteiger partial charge in [0.15, 0.2) is 5.78 Å².